The van der Waals surface area contributed by atoms with E-state index in [-0.39, 0.29) is 0 Å². The van der Waals surface area contributed by atoms with Crippen molar-refractivity contribution in [1.82, 2.24) is 10.2 Å². The van der Waals surface area contributed by atoms with E-state index in [1.807, 2.05) is 0 Å². The first-order valence-electron chi connectivity index (χ1n) is 3.49. The molecule has 0 bridgehead atoms. The lowest BCUT2D eigenvalue weighted by Crippen LogP contribution is -1.73. The number of nitrogens with zero attached hydrogens (tertiary/aromatic N) is 1. The summed E-state index contributed by atoms with van der Waals surface area (Å²) < 4.78 is 1.04. The highest BCUT2D eigenvalue weighted by Gasteiger charge is 2.04. The molecule has 4 heteroatoms. The van der Waals surface area contributed by atoms with Gasteiger partial charge in [-0.2, -0.15) is 5.10 Å². The third-order valence-electron chi connectivity index (χ3n) is 1.73. The summed E-state index contributed by atoms with van der Waals surface area (Å²) in [7, 11) is 0. The predicted molar refractivity (Wildman–Crippen MR) is 60.6 cm³/mol. The van der Waals surface area contributed by atoms with Gasteiger partial charge in [0.1, 0.15) is 3.70 Å². The van der Waals surface area contributed by atoms with Gasteiger partial charge in [-0.05, 0) is 34.9 Å². The van der Waals surface area contributed by atoms with E-state index in [9.17, 15) is 0 Å². The molecule has 1 heterocycles. The molecule has 0 amide bonds. The number of hydrogen-bond acceptors (Lipinski definition) is 2. The first-order chi connectivity index (χ1) is 5.83. The van der Waals surface area contributed by atoms with Crippen LogP contribution in [0.15, 0.2) is 23.1 Å². The summed E-state index contributed by atoms with van der Waals surface area (Å²) in [6.45, 7) is 0. The fourth-order valence-electron chi connectivity index (χ4n) is 1.15. The number of fused-ring (bicyclic) bond motifs is 1. The van der Waals surface area contributed by atoms with Crippen LogP contribution in [-0.2, 0) is 0 Å². The SMILES string of the molecule is CSc1cccc2c(I)n[nH]c12. The minimum atomic E-state index is 1.04. The number of nitrogens with one attached hydrogen (secondary N) is 1. The topological polar surface area (TPSA) is 28.7 Å². The number of aromatic amines is 1. The summed E-state index contributed by atoms with van der Waals surface area (Å²) in [4.78, 5) is 1.25. The lowest BCUT2D eigenvalue weighted by atomic mass is 10.3. The Balaban J connectivity index is 2.81. The van der Waals surface area contributed by atoms with Crippen LogP contribution in [-0.4, -0.2) is 16.5 Å². The zero-order valence-corrected chi connectivity index (χ0v) is 9.44. The predicted octanol–water partition coefficient (Wildman–Crippen LogP) is 2.89. The lowest BCUT2D eigenvalue weighted by molar-refractivity contribution is 1.08. The lowest BCUT2D eigenvalue weighted by Gasteiger charge is -1.95. The van der Waals surface area contributed by atoms with Gasteiger partial charge in [0.15, 0.2) is 0 Å². The van der Waals surface area contributed by atoms with E-state index in [1.165, 1.54) is 10.3 Å². The molecule has 0 aliphatic carbocycles. The van der Waals surface area contributed by atoms with E-state index >= 15 is 0 Å². The van der Waals surface area contributed by atoms with E-state index < -0.39 is 0 Å². The van der Waals surface area contributed by atoms with E-state index in [4.69, 9.17) is 0 Å². The van der Waals surface area contributed by atoms with E-state index in [1.54, 1.807) is 11.8 Å². The van der Waals surface area contributed by atoms with Gasteiger partial charge >= 0.3 is 0 Å². The molecular formula is C8H7IN2S. The molecule has 2 rings (SSSR count). The van der Waals surface area contributed by atoms with Crippen molar-refractivity contribution in [2.45, 2.75) is 4.90 Å². The van der Waals surface area contributed by atoms with Crippen LogP contribution in [0.3, 0.4) is 0 Å². The molecule has 0 saturated heterocycles. The Morgan fingerprint density at radius 2 is 2.33 bits per heavy atom. The van der Waals surface area contributed by atoms with Gasteiger partial charge < -0.3 is 0 Å². The van der Waals surface area contributed by atoms with Gasteiger partial charge in [0.05, 0.1) is 5.52 Å². The summed E-state index contributed by atoms with van der Waals surface area (Å²) >= 11 is 3.97. The number of benzene rings is 1. The third kappa shape index (κ3) is 1.22. The Hall–Kier alpha value is -0.230. The van der Waals surface area contributed by atoms with Gasteiger partial charge in [0.2, 0.25) is 0 Å². The monoisotopic (exact) mass is 290 g/mol. The standard InChI is InChI=1S/C8H7IN2S/c1-12-6-4-2-3-5-7(6)10-11-8(5)9/h2-4H,1H3,(H,10,11). The first-order valence-corrected chi connectivity index (χ1v) is 5.80. The van der Waals surface area contributed by atoms with Crippen LogP contribution in [0, 0.1) is 3.70 Å². The molecule has 0 aliphatic rings. The summed E-state index contributed by atoms with van der Waals surface area (Å²) in [6, 6.07) is 6.24. The Bertz CT molecular complexity index is 410. The quantitative estimate of drug-likeness (QED) is 0.646. The molecule has 0 aliphatic heterocycles. The number of para-hydroxylation sites is 1. The van der Waals surface area contributed by atoms with Gasteiger partial charge in [0.25, 0.3) is 0 Å². The van der Waals surface area contributed by atoms with Crippen molar-refractivity contribution in [2.75, 3.05) is 6.26 Å². The van der Waals surface area contributed by atoms with Crippen LogP contribution in [0.4, 0.5) is 0 Å². The second-order valence-corrected chi connectivity index (χ2v) is 4.27. The molecule has 0 radical (unpaired) electrons. The fraction of sp³-hybridized carbons (Fsp3) is 0.125. The van der Waals surface area contributed by atoms with Gasteiger partial charge in [-0.15, -0.1) is 11.8 Å². The molecule has 12 heavy (non-hydrogen) atoms. The Labute approximate surface area is 88.3 Å². The van der Waals surface area contributed by atoms with Crippen molar-refractivity contribution in [3.63, 3.8) is 0 Å². The smallest absolute Gasteiger partial charge is 0.130 e. The van der Waals surface area contributed by atoms with Gasteiger partial charge in [0, 0.05) is 10.3 Å². The zero-order valence-electron chi connectivity index (χ0n) is 6.47. The van der Waals surface area contributed by atoms with E-state index in [0.29, 0.717) is 0 Å². The van der Waals surface area contributed by atoms with Crippen LogP contribution in [0.1, 0.15) is 0 Å². The van der Waals surface area contributed by atoms with Crippen molar-refractivity contribution >= 4 is 45.3 Å². The molecule has 0 atom stereocenters. The van der Waals surface area contributed by atoms with Crippen molar-refractivity contribution in [1.29, 1.82) is 0 Å². The first kappa shape index (κ1) is 8.37. The summed E-state index contributed by atoms with van der Waals surface area (Å²) in [5.74, 6) is 0. The van der Waals surface area contributed by atoms with Crippen LogP contribution >= 0.6 is 34.4 Å². The van der Waals surface area contributed by atoms with E-state index in [0.717, 1.165) is 9.22 Å². The average molecular weight is 290 g/mol. The maximum Gasteiger partial charge on any atom is 0.130 e. The minimum Gasteiger partial charge on any atom is -0.276 e. The van der Waals surface area contributed by atoms with Crippen LogP contribution in [0.5, 0.6) is 0 Å². The molecule has 2 aromatic rings. The number of aromatic nitrogens is 2. The largest absolute Gasteiger partial charge is 0.276 e. The summed E-state index contributed by atoms with van der Waals surface area (Å²) in [6.07, 6.45) is 2.07. The van der Waals surface area contributed by atoms with Crippen LogP contribution in [0.2, 0.25) is 0 Å². The number of rotatable bonds is 1. The Morgan fingerprint density at radius 3 is 3.08 bits per heavy atom. The van der Waals surface area contributed by atoms with Crippen molar-refractivity contribution in [2.24, 2.45) is 0 Å². The van der Waals surface area contributed by atoms with Crippen LogP contribution in [0.25, 0.3) is 10.9 Å². The highest BCUT2D eigenvalue weighted by molar-refractivity contribution is 14.1. The summed E-state index contributed by atoms with van der Waals surface area (Å²) in [5, 5.41) is 8.39. The van der Waals surface area contributed by atoms with Gasteiger partial charge in [-0.1, -0.05) is 12.1 Å². The second-order valence-electron chi connectivity index (χ2n) is 2.40. The molecule has 0 spiro atoms. The molecule has 2 nitrogen and oxygen atoms in total. The van der Waals surface area contributed by atoms with Crippen molar-refractivity contribution in [3.05, 3.63) is 21.9 Å². The molecule has 1 aromatic heterocycles. The highest BCUT2D eigenvalue weighted by atomic mass is 127. The van der Waals surface area contributed by atoms with Crippen LogP contribution < -0.4 is 0 Å². The van der Waals surface area contributed by atoms with Crippen molar-refractivity contribution < 1.29 is 0 Å². The highest BCUT2D eigenvalue weighted by Crippen LogP contribution is 2.26. The van der Waals surface area contributed by atoms with Gasteiger partial charge in [-0.25, -0.2) is 0 Å². The molecule has 0 fully saturated rings. The normalized spacial score (nSPS) is 10.8. The Kier molecular flexibility index (Phi) is 2.27. The maximum atomic E-state index is 4.15. The number of halogens is 1. The second kappa shape index (κ2) is 3.26. The van der Waals surface area contributed by atoms with Gasteiger partial charge in [-0.3, -0.25) is 5.10 Å². The van der Waals surface area contributed by atoms with E-state index in [2.05, 4.69) is 57.2 Å². The number of H-pyrrole nitrogens is 1. The maximum absolute atomic E-state index is 4.15. The van der Waals surface area contributed by atoms with Crippen molar-refractivity contribution in [3.8, 4) is 0 Å². The molecular weight excluding hydrogens is 283 g/mol. The number of thioether (sulfide) groups is 1. The molecule has 1 aromatic carbocycles. The molecule has 1 N–H and O–H groups in total. The minimum absolute atomic E-state index is 1.04. The number of hydrogen-bond donors (Lipinski definition) is 1. The molecule has 62 valence electrons. The zero-order chi connectivity index (χ0) is 8.55. The molecule has 0 saturated carbocycles. The summed E-state index contributed by atoms with van der Waals surface area (Å²) in [5.41, 5.74) is 1.15. The molecule has 0 unspecified atom stereocenters. The Morgan fingerprint density at radius 1 is 1.50 bits per heavy atom. The fourth-order valence-corrected chi connectivity index (χ4v) is 2.30. The third-order valence-corrected chi connectivity index (χ3v) is 3.34. The average Bonchev–Trinajstić information content (AvgIpc) is 2.48.